The van der Waals surface area contributed by atoms with Gasteiger partial charge in [0.15, 0.2) is 0 Å². The summed E-state index contributed by atoms with van der Waals surface area (Å²) in [6, 6.07) is 5.56. The van der Waals surface area contributed by atoms with Crippen LogP contribution in [0.3, 0.4) is 0 Å². The Morgan fingerprint density at radius 3 is 2.67 bits per heavy atom. The van der Waals surface area contributed by atoms with E-state index in [0.29, 0.717) is 31.4 Å². The number of methoxy groups -OCH3 is 1. The van der Waals surface area contributed by atoms with Gasteiger partial charge in [0.2, 0.25) is 6.41 Å². The number of carboxylic acids is 1. The minimum absolute atomic E-state index is 0.161. The number of carbonyl (C=O) groups is 2. The first-order valence-corrected chi connectivity index (χ1v) is 7.07. The third kappa shape index (κ3) is 2.60. The molecule has 1 aromatic carbocycles. The molecule has 1 amide bonds. The van der Waals surface area contributed by atoms with E-state index in [4.69, 9.17) is 4.74 Å². The molecule has 1 N–H and O–H groups in total. The van der Waals surface area contributed by atoms with Gasteiger partial charge >= 0.3 is 5.97 Å². The highest BCUT2D eigenvalue weighted by atomic mass is 16.5. The van der Waals surface area contributed by atoms with Crippen molar-refractivity contribution < 1.29 is 19.4 Å². The molecule has 0 fully saturated rings. The molecular formula is C16H21NO4. The molecule has 0 bridgehead atoms. The molecule has 5 heteroatoms. The molecule has 1 unspecified atom stereocenters. The Labute approximate surface area is 124 Å². The van der Waals surface area contributed by atoms with Crippen molar-refractivity contribution in [1.82, 2.24) is 4.90 Å². The van der Waals surface area contributed by atoms with Crippen molar-refractivity contribution in [1.29, 1.82) is 0 Å². The van der Waals surface area contributed by atoms with Gasteiger partial charge in [-0.05, 0) is 49.9 Å². The highest BCUT2D eigenvalue weighted by molar-refractivity contribution is 5.82. The maximum Gasteiger partial charge on any atom is 0.329 e. The minimum Gasteiger partial charge on any atom is -0.497 e. The first-order valence-electron chi connectivity index (χ1n) is 7.07. The molecule has 21 heavy (non-hydrogen) atoms. The van der Waals surface area contributed by atoms with Gasteiger partial charge in [-0.2, -0.15) is 0 Å². The molecule has 0 saturated carbocycles. The third-order valence-electron chi connectivity index (χ3n) is 4.27. The Balaban J connectivity index is 2.46. The van der Waals surface area contributed by atoms with E-state index in [1.165, 1.54) is 4.90 Å². The van der Waals surface area contributed by atoms with Crippen LogP contribution >= 0.6 is 0 Å². The number of fused-ring (bicyclic) bond motifs is 1. The van der Waals surface area contributed by atoms with Crippen molar-refractivity contribution in [3.8, 4) is 5.75 Å². The van der Waals surface area contributed by atoms with Crippen molar-refractivity contribution in [2.45, 2.75) is 44.7 Å². The Bertz CT molecular complexity index is 555. The fraction of sp³-hybridized carbons (Fsp3) is 0.500. The number of rotatable bonds is 5. The van der Waals surface area contributed by atoms with E-state index < -0.39 is 11.5 Å². The summed E-state index contributed by atoms with van der Waals surface area (Å²) in [4.78, 5) is 24.8. The number of nitrogens with zero attached hydrogens (tertiary/aromatic N) is 1. The molecule has 0 spiro atoms. The number of carboxylic acid groups (broad SMARTS) is 1. The molecule has 0 aromatic heterocycles. The molecule has 5 nitrogen and oxygen atoms in total. The standard InChI is InChI=1S/C16H21NO4/c1-11(2)17(10-18)16(15(19)20)7-6-12-4-5-14(21-3)8-13(12)9-16/h4-5,8,10-11H,6-7,9H2,1-3H3,(H,19,20). The van der Waals surface area contributed by atoms with Crippen molar-refractivity contribution in [3.05, 3.63) is 29.3 Å². The Morgan fingerprint density at radius 2 is 2.14 bits per heavy atom. The number of amides is 1. The average molecular weight is 291 g/mol. The predicted molar refractivity (Wildman–Crippen MR) is 78.4 cm³/mol. The molecule has 0 saturated heterocycles. The molecule has 1 aromatic rings. The van der Waals surface area contributed by atoms with E-state index in [1.807, 2.05) is 32.0 Å². The minimum atomic E-state index is -1.17. The normalized spacial score (nSPS) is 20.8. The van der Waals surface area contributed by atoms with Crippen molar-refractivity contribution in [2.24, 2.45) is 0 Å². The van der Waals surface area contributed by atoms with Gasteiger partial charge in [0.25, 0.3) is 0 Å². The zero-order chi connectivity index (χ0) is 15.6. The smallest absolute Gasteiger partial charge is 0.329 e. The second-order valence-electron chi connectivity index (χ2n) is 5.75. The second-order valence-corrected chi connectivity index (χ2v) is 5.75. The van der Waals surface area contributed by atoms with Gasteiger partial charge in [-0.15, -0.1) is 0 Å². The highest BCUT2D eigenvalue weighted by Gasteiger charge is 2.47. The zero-order valence-corrected chi connectivity index (χ0v) is 12.6. The van der Waals surface area contributed by atoms with Crippen molar-refractivity contribution in [3.63, 3.8) is 0 Å². The van der Waals surface area contributed by atoms with Gasteiger partial charge in [0.1, 0.15) is 11.3 Å². The number of ether oxygens (including phenoxy) is 1. The summed E-state index contributed by atoms with van der Waals surface area (Å²) in [6.07, 6.45) is 2.04. The molecule has 0 radical (unpaired) electrons. The van der Waals surface area contributed by atoms with E-state index >= 15 is 0 Å². The zero-order valence-electron chi connectivity index (χ0n) is 12.6. The van der Waals surface area contributed by atoms with Crippen LogP contribution in [0.5, 0.6) is 5.75 Å². The summed E-state index contributed by atoms with van der Waals surface area (Å²) in [5, 5.41) is 9.76. The topological polar surface area (TPSA) is 66.8 Å². The van der Waals surface area contributed by atoms with Crippen LogP contribution in [-0.2, 0) is 22.4 Å². The Kier molecular flexibility index (Phi) is 4.21. The maximum absolute atomic E-state index is 11.9. The lowest BCUT2D eigenvalue weighted by atomic mass is 9.76. The quantitative estimate of drug-likeness (QED) is 0.841. The maximum atomic E-state index is 11.9. The SMILES string of the molecule is COc1ccc2c(c1)CC(C(=O)O)(N(C=O)C(C)C)CC2. The predicted octanol–water partition coefficient (Wildman–Crippen LogP) is 1.87. The lowest BCUT2D eigenvalue weighted by Crippen LogP contribution is -2.59. The Morgan fingerprint density at radius 1 is 1.43 bits per heavy atom. The highest BCUT2D eigenvalue weighted by Crippen LogP contribution is 2.35. The molecule has 0 heterocycles. The summed E-state index contributed by atoms with van der Waals surface area (Å²) in [6.45, 7) is 3.67. The lowest BCUT2D eigenvalue weighted by molar-refractivity contribution is -0.158. The van der Waals surface area contributed by atoms with Crippen molar-refractivity contribution in [2.75, 3.05) is 7.11 Å². The van der Waals surface area contributed by atoms with Crippen LogP contribution in [0.2, 0.25) is 0 Å². The van der Waals surface area contributed by atoms with Crippen LogP contribution in [0.4, 0.5) is 0 Å². The van der Waals surface area contributed by atoms with Gasteiger partial charge in [0.05, 0.1) is 7.11 Å². The van der Waals surface area contributed by atoms with Crippen LogP contribution in [0.15, 0.2) is 18.2 Å². The first-order chi connectivity index (χ1) is 9.94. The van der Waals surface area contributed by atoms with E-state index in [0.717, 1.165) is 11.1 Å². The third-order valence-corrected chi connectivity index (χ3v) is 4.27. The molecule has 1 aliphatic carbocycles. The summed E-state index contributed by atoms with van der Waals surface area (Å²) in [5.41, 5.74) is 0.896. The van der Waals surface area contributed by atoms with Gasteiger partial charge in [0, 0.05) is 12.5 Å². The summed E-state index contributed by atoms with van der Waals surface area (Å²) >= 11 is 0. The number of hydrogen-bond acceptors (Lipinski definition) is 3. The fourth-order valence-electron chi connectivity index (χ4n) is 3.11. The van der Waals surface area contributed by atoms with Crippen LogP contribution < -0.4 is 4.74 Å². The molecule has 1 atom stereocenters. The summed E-state index contributed by atoms with van der Waals surface area (Å²) < 4.78 is 5.21. The van der Waals surface area contributed by atoms with Gasteiger partial charge in [-0.1, -0.05) is 6.07 Å². The largest absolute Gasteiger partial charge is 0.497 e. The second kappa shape index (κ2) is 5.76. The van der Waals surface area contributed by atoms with Crippen LogP contribution in [0.1, 0.15) is 31.4 Å². The van der Waals surface area contributed by atoms with Crippen LogP contribution in [-0.4, -0.2) is 41.1 Å². The molecule has 1 aliphatic rings. The number of aryl methyl sites for hydroxylation is 1. The van der Waals surface area contributed by atoms with E-state index in [1.54, 1.807) is 7.11 Å². The van der Waals surface area contributed by atoms with Gasteiger partial charge in [-0.25, -0.2) is 4.79 Å². The lowest BCUT2D eigenvalue weighted by Gasteiger charge is -2.43. The molecular weight excluding hydrogens is 270 g/mol. The first kappa shape index (κ1) is 15.4. The number of aliphatic carboxylic acids is 1. The Hall–Kier alpha value is -2.04. The van der Waals surface area contributed by atoms with Gasteiger partial charge < -0.3 is 14.7 Å². The number of carbonyl (C=O) groups excluding carboxylic acids is 1. The molecule has 0 aliphatic heterocycles. The summed E-state index contributed by atoms with van der Waals surface area (Å²) in [5.74, 6) is -0.242. The monoisotopic (exact) mass is 291 g/mol. The van der Waals surface area contributed by atoms with E-state index in [-0.39, 0.29) is 6.04 Å². The van der Waals surface area contributed by atoms with Gasteiger partial charge in [-0.3, -0.25) is 4.79 Å². The average Bonchev–Trinajstić information content (AvgIpc) is 2.46. The number of hydrogen-bond donors (Lipinski definition) is 1. The van der Waals surface area contributed by atoms with Crippen LogP contribution in [0.25, 0.3) is 0 Å². The van der Waals surface area contributed by atoms with E-state index in [9.17, 15) is 14.7 Å². The van der Waals surface area contributed by atoms with Crippen molar-refractivity contribution >= 4 is 12.4 Å². The van der Waals surface area contributed by atoms with E-state index in [2.05, 4.69) is 0 Å². The molecule has 114 valence electrons. The summed E-state index contributed by atoms with van der Waals surface area (Å²) in [7, 11) is 1.58. The fourth-order valence-corrected chi connectivity index (χ4v) is 3.11. The van der Waals surface area contributed by atoms with Crippen LogP contribution in [0, 0.1) is 0 Å². The number of benzene rings is 1. The molecule has 2 rings (SSSR count).